The Balaban J connectivity index is 1.64. The van der Waals surface area contributed by atoms with Crippen molar-refractivity contribution in [2.45, 2.75) is 13.5 Å². The van der Waals surface area contributed by atoms with Crippen molar-refractivity contribution >= 4 is 23.2 Å². The normalized spacial score (nSPS) is 11.1. The maximum atomic E-state index is 12.1. The molecule has 122 valence electrons. The van der Waals surface area contributed by atoms with Crippen LogP contribution in [0.25, 0.3) is 11.0 Å². The lowest BCUT2D eigenvalue weighted by atomic mass is 10.2. The molecule has 0 saturated heterocycles. The molecule has 1 aromatic heterocycles. The molecule has 0 spiro atoms. The fourth-order valence-electron chi connectivity index (χ4n) is 2.44. The number of carbonyl (C=O) groups is 1. The summed E-state index contributed by atoms with van der Waals surface area (Å²) in [6.07, 6.45) is 1.59. The van der Waals surface area contributed by atoms with E-state index in [1.807, 2.05) is 60.0 Å². The molecule has 1 N–H and O–H groups in total. The minimum Gasteiger partial charge on any atom is -0.497 e. The smallest absolute Gasteiger partial charge is 0.260 e. The van der Waals surface area contributed by atoms with E-state index in [0.717, 1.165) is 28.2 Å². The minimum absolute atomic E-state index is 0.173. The zero-order valence-electron chi connectivity index (χ0n) is 13.6. The predicted octanol–water partition coefficient (Wildman–Crippen LogP) is 2.50. The molecule has 24 heavy (non-hydrogen) atoms. The Morgan fingerprint density at radius 3 is 2.75 bits per heavy atom. The van der Waals surface area contributed by atoms with Crippen LogP contribution in [0.5, 0.6) is 5.75 Å². The van der Waals surface area contributed by atoms with Gasteiger partial charge in [-0.05, 0) is 48.9 Å². The Bertz CT molecular complexity index is 882. The maximum absolute atomic E-state index is 12.1. The molecule has 0 radical (unpaired) electrons. The van der Waals surface area contributed by atoms with Gasteiger partial charge in [0.25, 0.3) is 5.91 Å². The second-order valence-corrected chi connectivity index (χ2v) is 5.30. The van der Waals surface area contributed by atoms with Gasteiger partial charge in [0.1, 0.15) is 18.1 Å². The largest absolute Gasteiger partial charge is 0.497 e. The minimum atomic E-state index is -0.203. The lowest BCUT2D eigenvalue weighted by Gasteiger charge is -2.05. The number of rotatable bonds is 5. The zero-order chi connectivity index (χ0) is 16.9. The molecule has 1 heterocycles. The molecular weight excluding hydrogens is 304 g/mol. The fraction of sp³-hybridized carbons (Fsp3) is 0.167. The first kappa shape index (κ1) is 15.7. The van der Waals surface area contributed by atoms with Gasteiger partial charge in [0, 0.05) is 0 Å². The SMILES string of the molecule is COc1ccc(/C=N\NC(=O)Cn2c(C)nc3ccccc32)cc1. The number of aryl methyl sites for hydroxylation is 1. The lowest BCUT2D eigenvalue weighted by Crippen LogP contribution is -2.23. The summed E-state index contributed by atoms with van der Waals surface area (Å²) in [7, 11) is 1.62. The number of nitrogens with one attached hydrogen (secondary N) is 1. The topological polar surface area (TPSA) is 68.5 Å². The van der Waals surface area contributed by atoms with E-state index in [2.05, 4.69) is 15.5 Å². The van der Waals surface area contributed by atoms with Crippen LogP contribution in [0.15, 0.2) is 53.6 Å². The monoisotopic (exact) mass is 322 g/mol. The number of amides is 1. The van der Waals surface area contributed by atoms with Gasteiger partial charge in [-0.1, -0.05) is 12.1 Å². The molecule has 0 bridgehead atoms. The standard InChI is InChI=1S/C18H18N4O2/c1-13-20-16-5-3-4-6-17(16)22(13)12-18(23)21-19-11-14-7-9-15(24-2)10-8-14/h3-11H,12H2,1-2H3,(H,21,23)/b19-11-. The van der Waals surface area contributed by atoms with Gasteiger partial charge in [0.15, 0.2) is 0 Å². The number of fused-ring (bicyclic) bond motifs is 1. The number of ether oxygens (including phenoxy) is 1. The number of methoxy groups -OCH3 is 1. The van der Waals surface area contributed by atoms with Crippen LogP contribution in [-0.2, 0) is 11.3 Å². The van der Waals surface area contributed by atoms with Crippen LogP contribution in [0.1, 0.15) is 11.4 Å². The van der Waals surface area contributed by atoms with Gasteiger partial charge < -0.3 is 9.30 Å². The Morgan fingerprint density at radius 2 is 2.00 bits per heavy atom. The summed E-state index contributed by atoms with van der Waals surface area (Å²) in [5.41, 5.74) is 5.23. The number of hydrogen-bond acceptors (Lipinski definition) is 4. The highest BCUT2D eigenvalue weighted by atomic mass is 16.5. The van der Waals surface area contributed by atoms with Crippen molar-refractivity contribution in [1.82, 2.24) is 15.0 Å². The average molecular weight is 322 g/mol. The predicted molar refractivity (Wildman–Crippen MR) is 93.2 cm³/mol. The molecule has 0 saturated carbocycles. The molecular formula is C18H18N4O2. The van der Waals surface area contributed by atoms with E-state index in [-0.39, 0.29) is 12.5 Å². The highest BCUT2D eigenvalue weighted by Gasteiger charge is 2.09. The number of imidazole rings is 1. The van der Waals surface area contributed by atoms with E-state index in [1.165, 1.54) is 0 Å². The molecule has 6 heteroatoms. The number of nitrogens with zero attached hydrogens (tertiary/aromatic N) is 3. The lowest BCUT2D eigenvalue weighted by molar-refractivity contribution is -0.121. The first-order valence-electron chi connectivity index (χ1n) is 7.55. The average Bonchev–Trinajstić information content (AvgIpc) is 2.91. The first-order valence-corrected chi connectivity index (χ1v) is 7.55. The number of hydrogen-bond donors (Lipinski definition) is 1. The van der Waals surface area contributed by atoms with Crippen molar-refractivity contribution in [3.63, 3.8) is 0 Å². The maximum Gasteiger partial charge on any atom is 0.260 e. The van der Waals surface area contributed by atoms with Crippen molar-refractivity contribution < 1.29 is 9.53 Å². The van der Waals surface area contributed by atoms with Gasteiger partial charge >= 0.3 is 0 Å². The second kappa shape index (κ2) is 6.95. The summed E-state index contributed by atoms with van der Waals surface area (Å²) in [5, 5.41) is 3.99. The number of aromatic nitrogens is 2. The van der Waals surface area contributed by atoms with Crippen molar-refractivity contribution in [1.29, 1.82) is 0 Å². The quantitative estimate of drug-likeness (QED) is 0.580. The summed E-state index contributed by atoms with van der Waals surface area (Å²) in [6.45, 7) is 2.06. The molecule has 1 amide bonds. The molecule has 3 aromatic rings. The van der Waals surface area contributed by atoms with Gasteiger partial charge in [-0.2, -0.15) is 5.10 Å². The van der Waals surface area contributed by atoms with Gasteiger partial charge in [0.2, 0.25) is 0 Å². The fourth-order valence-corrected chi connectivity index (χ4v) is 2.44. The van der Waals surface area contributed by atoms with E-state index in [1.54, 1.807) is 13.3 Å². The molecule has 0 aliphatic carbocycles. The van der Waals surface area contributed by atoms with E-state index < -0.39 is 0 Å². The third-order valence-corrected chi connectivity index (χ3v) is 3.67. The van der Waals surface area contributed by atoms with Gasteiger partial charge in [-0.15, -0.1) is 0 Å². The Morgan fingerprint density at radius 1 is 1.25 bits per heavy atom. The molecule has 0 unspecified atom stereocenters. The van der Waals surface area contributed by atoms with E-state index in [0.29, 0.717) is 0 Å². The van der Waals surface area contributed by atoms with Crippen molar-refractivity contribution in [3.8, 4) is 5.75 Å². The zero-order valence-corrected chi connectivity index (χ0v) is 13.6. The Labute approximate surface area is 139 Å². The molecule has 6 nitrogen and oxygen atoms in total. The van der Waals surface area contributed by atoms with Gasteiger partial charge in [-0.3, -0.25) is 4.79 Å². The number of para-hydroxylation sites is 2. The summed E-state index contributed by atoms with van der Waals surface area (Å²) in [4.78, 5) is 16.5. The van der Waals surface area contributed by atoms with Crippen LogP contribution in [0.2, 0.25) is 0 Å². The third kappa shape index (κ3) is 3.43. The van der Waals surface area contributed by atoms with Gasteiger partial charge in [0.05, 0.1) is 24.4 Å². The Kier molecular flexibility index (Phi) is 4.56. The molecule has 2 aromatic carbocycles. The van der Waals surface area contributed by atoms with E-state index >= 15 is 0 Å². The molecule has 0 aliphatic rings. The Hall–Kier alpha value is -3.15. The van der Waals surface area contributed by atoms with Crippen molar-refractivity contribution in [3.05, 3.63) is 59.9 Å². The van der Waals surface area contributed by atoms with Crippen molar-refractivity contribution in [2.24, 2.45) is 5.10 Å². The first-order chi connectivity index (χ1) is 11.7. The molecule has 3 rings (SSSR count). The molecule has 0 atom stereocenters. The van der Waals surface area contributed by atoms with Crippen LogP contribution in [0, 0.1) is 6.92 Å². The van der Waals surface area contributed by atoms with Gasteiger partial charge in [-0.25, -0.2) is 10.4 Å². The number of benzene rings is 2. The van der Waals surface area contributed by atoms with Crippen LogP contribution in [-0.4, -0.2) is 28.8 Å². The van der Waals surface area contributed by atoms with Crippen LogP contribution in [0.3, 0.4) is 0 Å². The summed E-state index contributed by atoms with van der Waals surface area (Å²) < 4.78 is 6.96. The second-order valence-electron chi connectivity index (χ2n) is 5.30. The number of carbonyl (C=O) groups excluding carboxylic acids is 1. The van der Waals surface area contributed by atoms with E-state index in [4.69, 9.17) is 4.74 Å². The highest BCUT2D eigenvalue weighted by Crippen LogP contribution is 2.15. The summed E-state index contributed by atoms with van der Waals surface area (Å²) in [6, 6.07) is 15.1. The molecule has 0 fully saturated rings. The third-order valence-electron chi connectivity index (χ3n) is 3.67. The highest BCUT2D eigenvalue weighted by molar-refractivity contribution is 5.84. The van der Waals surface area contributed by atoms with Crippen LogP contribution >= 0.6 is 0 Å². The summed E-state index contributed by atoms with van der Waals surface area (Å²) >= 11 is 0. The number of hydrazone groups is 1. The van der Waals surface area contributed by atoms with Crippen molar-refractivity contribution in [2.75, 3.05) is 7.11 Å². The van der Waals surface area contributed by atoms with E-state index in [9.17, 15) is 4.79 Å². The molecule has 0 aliphatic heterocycles. The van der Waals surface area contributed by atoms with Crippen LogP contribution in [0.4, 0.5) is 0 Å². The summed E-state index contributed by atoms with van der Waals surface area (Å²) in [5.74, 6) is 1.37. The van der Waals surface area contributed by atoms with Crippen LogP contribution < -0.4 is 10.2 Å².